The largest absolute Gasteiger partial charge is 0.381 e. The number of hydrogen-bond acceptors (Lipinski definition) is 2. The monoisotopic (exact) mass is 242 g/mol. The van der Waals surface area contributed by atoms with Crippen LogP contribution in [0.15, 0.2) is 18.2 Å². The molecule has 0 spiro atoms. The van der Waals surface area contributed by atoms with Crippen molar-refractivity contribution in [3.05, 3.63) is 34.6 Å². The summed E-state index contributed by atoms with van der Waals surface area (Å²) in [6.45, 7) is 1.21. The van der Waals surface area contributed by atoms with Crippen molar-refractivity contribution in [3.63, 3.8) is 0 Å². The number of rotatable bonds is 2. The van der Waals surface area contributed by atoms with E-state index in [0.29, 0.717) is 31.6 Å². The van der Waals surface area contributed by atoms with E-state index in [9.17, 15) is 9.18 Å². The lowest BCUT2D eigenvalue weighted by Gasteiger charge is -2.21. The van der Waals surface area contributed by atoms with Crippen LogP contribution in [-0.2, 0) is 4.74 Å². The van der Waals surface area contributed by atoms with E-state index in [0.717, 1.165) is 0 Å². The zero-order chi connectivity index (χ0) is 11.5. The van der Waals surface area contributed by atoms with E-state index in [-0.39, 0.29) is 16.7 Å². The van der Waals surface area contributed by atoms with Crippen LogP contribution in [0.3, 0.4) is 0 Å². The summed E-state index contributed by atoms with van der Waals surface area (Å²) in [5.74, 6) is -0.474. The standard InChI is InChI=1S/C12H12ClFO2/c13-11-7-9(14)1-2-10(11)12(15)8-3-5-16-6-4-8/h1-2,7-8H,3-6H2. The molecule has 16 heavy (non-hydrogen) atoms. The van der Waals surface area contributed by atoms with Crippen LogP contribution < -0.4 is 0 Å². The van der Waals surface area contributed by atoms with Crippen molar-refractivity contribution < 1.29 is 13.9 Å². The molecule has 86 valence electrons. The zero-order valence-corrected chi connectivity index (χ0v) is 9.47. The number of ether oxygens (including phenoxy) is 1. The SMILES string of the molecule is O=C(c1ccc(F)cc1Cl)C1CCOCC1. The highest BCUT2D eigenvalue weighted by Crippen LogP contribution is 2.25. The van der Waals surface area contributed by atoms with Gasteiger partial charge in [0.15, 0.2) is 5.78 Å². The van der Waals surface area contributed by atoms with Gasteiger partial charge < -0.3 is 4.74 Å². The molecule has 4 heteroatoms. The van der Waals surface area contributed by atoms with E-state index < -0.39 is 5.82 Å². The number of Topliss-reactive ketones (excluding diaryl/α,β-unsaturated/α-hetero) is 1. The van der Waals surface area contributed by atoms with Crippen LogP contribution in [-0.4, -0.2) is 19.0 Å². The van der Waals surface area contributed by atoms with Gasteiger partial charge in [-0.3, -0.25) is 4.79 Å². The molecule has 0 radical (unpaired) electrons. The summed E-state index contributed by atoms with van der Waals surface area (Å²) < 4.78 is 18.0. The fraction of sp³-hybridized carbons (Fsp3) is 0.417. The predicted molar refractivity (Wildman–Crippen MR) is 59.3 cm³/mol. The molecule has 1 aromatic rings. The van der Waals surface area contributed by atoms with Gasteiger partial charge in [-0.1, -0.05) is 11.6 Å². The fourth-order valence-electron chi connectivity index (χ4n) is 1.87. The van der Waals surface area contributed by atoms with Crippen LogP contribution >= 0.6 is 11.6 Å². The Kier molecular flexibility index (Phi) is 3.56. The minimum atomic E-state index is -0.423. The summed E-state index contributed by atoms with van der Waals surface area (Å²) in [7, 11) is 0. The molecule has 1 aromatic carbocycles. The van der Waals surface area contributed by atoms with Crippen molar-refractivity contribution in [3.8, 4) is 0 Å². The minimum Gasteiger partial charge on any atom is -0.381 e. The van der Waals surface area contributed by atoms with Crippen LogP contribution in [0.2, 0.25) is 5.02 Å². The zero-order valence-electron chi connectivity index (χ0n) is 8.71. The second-order valence-corrected chi connectivity index (χ2v) is 4.28. The minimum absolute atomic E-state index is 0.00620. The van der Waals surface area contributed by atoms with Gasteiger partial charge in [-0.05, 0) is 31.0 Å². The van der Waals surface area contributed by atoms with Crippen molar-refractivity contribution in [2.24, 2.45) is 5.92 Å². The van der Waals surface area contributed by atoms with Gasteiger partial charge in [-0.2, -0.15) is 0 Å². The summed E-state index contributed by atoms with van der Waals surface area (Å²) in [4.78, 5) is 12.1. The third-order valence-electron chi connectivity index (χ3n) is 2.79. The number of hydrogen-bond donors (Lipinski definition) is 0. The third kappa shape index (κ3) is 2.42. The maximum Gasteiger partial charge on any atom is 0.167 e. The first-order chi connectivity index (χ1) is 7.68. The summed E-state index contributed by atoms with van der Waals surface area (Å²) in [6, 6.07) is 3.89. The van der Waals surface area contributed by atoms with Gasteiger partial charge in [-0.25, -0.2) is 4.39 Å². The molecule has 1 heterocycles. The number of carbonyl (C=O) groups is 1. The first-order valence-electron chi connectivity index (χ1n) is 5.25. The van der Waals surface area contributed by atoms with E-state index in [1.807, 2.05) is 0 Å². The van der Waals surface area contributed by atoms with Crippen molar-refractivity contribution in [2.75, 3.05) is 13.2 Å². The Hall–Kier alpha value is -0.930. The van der Waals surface area contributed by atoms with E-state index in [1.54, 1.807) is 0 Å². The van der Waals surface area contributed by atoms with Crippen LogP contribution in [0.25, 0.3) is 0 Å². The molecule has 1 saturated heterocycles. The molecule has 0 unspecified atom stereocenters. The van der Waals surface area contributed by atoms with Gasteiger partial charge >= 0.3 is 0 Å². The average molecular weight is 243 g/mol. The van der Waals surface area contributed by atoms with Crippen molar-refractivity contribution >= 4 is 17.4 Å². The Morgan fingerprint density at radius 2 is 2.06 bits per heavy atom. The molecule has 0 saturated carbocycles. The average Bonchev–Trinajstić information content (AvgIpc) is 2.29. The molecule has 2 rings (SSSR count). The molecule has 0 atom stereocenters. The Bertz CT molecular complexity index is 400. The Morgan fingerprint density at radius 3 is 2.69 bits per heavy atom. The molecule has 0 aromatic heterocycles. The van der Waals surface area contributed by atoms with Crippen molar-refractivity contribution in [2.45, 2.75) is 12.8 Å². The van der Waals surface area contributed by atoms with E-state index >= 15 is 0 Å². The topological polar surface area (TPSA) is 26.3 Å². The maximum atomic E-state index is 12.8. The van der Waals surface area contributed by atoms with Crippen molar-refractivity contribution in [1.82, 2.24) is 0 Å². The summed E-state index contributed by atoms with van der Waals surface area (Å²) >= 11 is 5.85. The van der Waals surface area contributed by atoms with Gasteiger partial charge in [0.05, 0.1) is 5.02 Å². The van der Waals surface area contributed by atoms with Gasteiger partial charge in [-0.15, -0.1) is 0 Å². The lowest BCUT2D eigenvalue weighted by atomic mass is 9.91. The highest BCUT2D eigenvalue weighted by atomic mass is 35.5. The van der Waals surface area contributed by atoms with E-state index in [1.165, 1.54) is 18.2 Å². The number of ketones is 1. The number of benzene rings is 1. The Labute approximate surface area is 98.4 Å². The molecular weight excluding hydrogens is 231 g/mol. The molecule has 0 bridgehead atoms. The molecular formula is C12H12ClFO2. The Balaban J connectivity index is 2.19. The summed E-state index contributed by atoms with van der Waals surface area (Å²) in [6.07, 6.45) is 1.43. The normalized spacial score (nSPS) is 17.4. The first kappa shape index (κ1) is 11.6. The van der Waals surface area contributed by atoms with Crippen LogP contribution in [0, 0.1) is 11.7 Å². The van der Waals surface area contributed by atoms with Gasteiger partial charge in [0, 0.05) is 24.7 Å². The van der Waals surface area contributed by atoms with E-state index in [2.05, 4.69) is 0 Å². The summed E-state index contributed by atoms with van der Waals surface area (Å²) in [5, 5.41) is 0.191. The van der Waals surface area contributed by atoms with Gasteiger partial charge in [0.25, 0.3) is 0 Å². The second kappa shape index (κ2) is 4.93. The number of carbonyl (C=O) groups excluding carboxylic acids is 1. The summed E-state index contributed by atoms with van der Waals surface area (Å²) in [5.41, 5.74) is 0.412. The molecule has 0 N–H and O–H groups in total. The van der Waals surface area contributed by atoms with E-state index in [4.69, 9.17) is 16.3 Å². The van der Waals surface area contributed by atoms with Crippen LogP contribution in [0.1, 0.15) is 23.2 Å². The fourth-order valence-corrected chi connectivity index (χ4v) is 2.13. The van der Waals surface area contributed by atoms with Gasteiger partial charge in [0.2, 0.25) is 0 Å². The maximum absolute atomic E-state index is 12.8. The smallest absolute Gasteiger partial charge is 0.167 e. The lowest BCUT2D eigenvalue weighted by molar-refractivity contribution is 0.0545. The second-order valence-electron chi connectivity index (χ2n) is 3.88. The molecule has 2 nitrogen and oxygen atoms in total. The van der Waals surface area contributed by atoms with Crippen LogP contribution in [0.4, 0.5) is 4.39 Å². The Morgan fingerprint density at radius 1 is 1.38 bits per heavy atom. The highest BCUT2D eigenvalue weighted by Gasteiger charge is 2.24. The lowest BCUT2D eigenvalue weighted by Crippen LogP contribution is -2.23. The molecule has 0 aliphatic carbocycles. The van der Waals surface area contributed by atoms with Crippen molar-refractivity contribution in [1.29, 1.82) is 0 Å². The molecule has 1 aliphatic rings. The first-order valence-corrected chi connectivity index (χ1v) is 5.63. The number of halogens is 2. The predicted octanol–water partition coefficient (Wildman–Crippen LogP) is 3.09. The third-order valence-corrected chi connectivity index (χ3v) is 3.10. The molecule has 1 fully saturated rings. The molecule has 1 aliphatic heterocycles. The van der Waals surface area contributed by atoms with Crippen LogP contribution in [0.5, 0.6) is 0 Å². The highest BCUT2D eigenvalue weighted by molar-refractivity contribution is 6.34. The van der Waals surface area contributed by atoms with Gasteiger partial charge in [0.1, 0.15) is 5.82 Å². The quantitative estimate of drug-likeness (QED) is 0.745. The molecule has 0 amide bonds.